The normalized spacial score (nSPS) is 29.9. The Morgan fingerprint density at radius 3 is 2.38 bits per heavy atom. The van der Waals surface area contributed by atoms with Crippen LogP contribution >= 0.6 is 0 Å². The molecule has 1 atom stereocenters. The van der Waals surface area contributed by atoms with Gasteiger partial charge in [0.05, 0.1) is 6.61 Å². The highest BCUT2D eigenvalue weighted by Gasteiger charge is 2.31. The number of piperazine rings is 1. The van der Waals surface area contributed by atoms with Crippen LogP contribution in [0.15, 0.2) is 0 Å². The molecule has 74 valence electrons. The van der Waals surface area contributed by atoms with E-state index in [4.69, 9.17) is 4.74 Å². The maximum Gasteiger partial charge on any atom is 0.251 e. The molecule has 1 unspecified atom stereocenters. The third-order valence-electron chi connectivity index (χ3n) is 2.79. The molecular weight excluding hydrogens is 168 g/mol. The first kappa shape index (κ1) is 8.97. The van der Waals surface area contributed by atoms with Gasteiger partial charge in [0.1, 0.15) is 6.10 Å². The summed E-state index contributed by atoms with van der Waals surface area (Å²) in [7, 11) is 2.08. The fourth-order valence-electron chi connectivity index (χ4n) is 1.66. The average molecular weight is 184 g/mol. The zero-order chi connectivity index (χ0) is 9.26. The van der Waals surface area contributed by atoms with Crippen LogP contribution in [0.3, 0.4) is 0 Å². The van der Waals surface area contributed by atoms with Crippen molar-refractivity contribution < 1.29 is 9.53 Å². The first-order chi connectivity index (χ1) is 6.27. The molecule has 0 spiro atoms. The van der Waals surface area contributed by atoms with Gasteiger partial charge in [-0.05, 0) is 7.05 Å². The Morgan fingerprint density at radius 2 is 1.92 bits per heavy atom. The van der Waals surface area contributed by atoms with Crippen LogP contribution in [0, 0.1) is 0 Å². The summed E-state index contributed by atoms with van der Waals surface area (Å²) in [4.78, 5) is 15.8. The van der Waals surface area contributed by atoms with Gasteiger partial charge in [0.15, 0.2) is 0 Å². The first-order valence-electron chi connectivity index (χ1n) is 4.86. The van der Waals surface area contributed by atoms with E-state index in [1.807, 2.05) is 4.90 Å². The molecule has 4 heteroatoms. The van der Waals surface area contributed by atoms with Crippen molar-refractivity contribution in [3.63, 3.8) is 0 Å². The van der Waals surface area contributed by atoms with Crippen LogP contribution in [0.25, 0.3) is 0 Å². The van der Waals surface area contributed by atoms with Crippen LogP contribution < -0.4 is 0 Å². The molecule has 2 rings (SSSR count). The van der Waals surface area contributed by atoms with Crippen LogP contribution in [0.5, 0.6) is 0 Å². The Bertz CT molecular complexity index is 196. The zero-order valence-corrected chi connectivity index (χ0v) is 8.03. The van der Waals surface area contributed by atoms with Gasteiger partial charge in [-0.15, -0.1) is 0 Å². The van der Waals surface area contributed by atoms with Crippen LogP contribution in [0.1, 0.15) is 6.42 Å². The Balaban J connectivity index is 1.83. The summed E-state index contributed by atoms with van der Waals surface area (Å²) in [5.41, 5.74) is 0. The SMILES string of the molecule is CN1CCN(C(=O)C2CCO2)CC1. The number of hydrogen-bond acceptors (Lipinski definition) is 3. The molecule has 2 heterocycles. The van der Waals surface area contributed by atoms with Gasteiger partial charge in [-0.3, -0.25) is 4.79 Å². The molecule has 0 aromatic heterocycles. The van der Waals surface area contributed by atoms with E-state index in [0.29, 0.717) is 0 Å². The highest BCUT2D eigenvalue weighted by Crippen LogP contribution is 2.14. The molecule has 0 aromatic rings. The fraction of sp³-hybridized carbons (Fsp3) is 0.889. The van der Waals surface area contributed by atoms with E-state index < -0.39 is 0 Å². The lowest BCUT2D eigenvalue weighted by molar-refractivity contribution is -0.157. The summed E-state index contributed by atoms with van der Waals surface area (Å²) in [6.07, 6.45) is 0.786. The van der Waals surface area contributed by atoms with Gasteiger partial charge in [-0.2, -0.15) is 0 Å². The molecule has 4 nitrogen and oxygen atoms in total. The minimum atomic E-state index is -0.122. The third kappa shape index (κ3) is 1.84. The summed E-state index contributed by atoms with van der Waals surface area (Å²) < 4.78 is 5.17. The standard InChI is InChI=1S/C9H16N2O2/c1-10-3-5-11(6-4-10)9(12)8-2-7-13-8/h8H,2-7H2,1H3. The second kappa shape index (κ2) is 3.64. The minimum Gasteiger partial charge on any atom is -0.368 e. The van der Waals surface area contributed by atoms with E-state index in [1.165, 1.54) is 0 Å². The maximum atomic E-state index is 11.7. The van der Waals surface area contributed by atoms with Crippen molar-refractivity contribution >= 4 is 5.91 Å². The van der Waals surface area contributed by atoms with E-state index in [-0.39, 0.29) is 12.0 Å². The van der Waals surface area contributed by atoms with Gasteiger partial charge in [0, 0.05) is 32.6 Å². The van der Waals surface area contributed by atoms with Gasteiger partial charge in [0.25, 0.3) is 5.91 Å². The number of hydrogen-bond donors (Lipinski definition) is 0. The van der Waals surface area contributed by atoms with Crippen LogP contribution in [-0.4, -0.2) is 61.6 Å². The maximum absolute atomic E-state index is 11.7. The second-order valence-corrected chi connectivity index (χ2v) is 3.78. The Kier molecular flexibility index (Phi) is 2.51. The molecule has 2 saturated heterocycles. The van der Waals surface area contributed by atoms with Gasteiger partial charge >= 0.3 is 0 Å². The largest absolute Gasteiger partial charge is 0.368 e. The Labute approximate surface area is 78.4 Å². The van der Waals surface area contributed by atoms with Gasteiger partial charge in [0.2, 0.25) is 0 Å². The van der Waals surface area contributed by atoms with Crippen LogP contribution in [0.2, 0.25) is 0 Å². The lowest BCUT2D eigenvalue weighted by Gasteiger charge is -2.36. The summed E-state index contributed by atoms with van der Waals surface area (Å²) in [6, 6.07) is 0. The molecule has 0 N–H and O–H groups in total. The van der Waals surface area contributed by atoms with Gasteiger partial charge < -0.3 is 14.5 Å². The molecule has 0 aliphatic carbocycles. The fourth-order valence-corrected chi connectivity index (χ4v) is 1.66. The summed E-state index contributed by atoms with van der Waals surface area (Å²) >= 11 is 0. The molecule has 0 aromatic carbocycles. The number of carbonyl (C=O) groups excluding carboxylic acids is 1. The average Bonchev–Trinajstić information content (AvgIpc) is 2.02. The lowest BCUT2D eigenvalue weighted by Crippen LogP contribution is -2.52. The molecule has 2 aliphatic heterocycles. The summed E-state index contributed by atoms with van der Waals surface area (Å²) in [5.74, 6) is 0.194. The molecule has 13 heavy (non-hydrogen) atoms. The predicted molar refractivity (Wildman–Crippen MR) is 48.4 cm³/mol. The third-order valence-corrected chi connectivity index (χ3v) is 2.79. The monoisotopic (exact) mass is 184 g/mol. The number of likely N-dealkylation sites (N-methyl/N-ethyl adjacent to an activating group) is 1. The number of nitrogens with zero attached hydrogens (tertiary/aromatic N) is 2. The topological polar surface area (TPSA) is 32.8 Å². The molecule has 0 bridgehead atoms. The Hall–Kier alpha value is -0.610. The van der Waals surface area contributed by atoms with Crippen molar-refractivity contribution in [1.29, 1.82) is 0 Å². The lowest BCUT2D eigenvalue weighted by atomic mass is 10.1. The Morgan fingerprint density at radius 1 is 1.31 bits per heavy atom. The van der Waals surface area contributed by atoms with Crippen molar-refractivity contribution in [2.24, 2.45) is 0 Å². The van der Waals surface area contributed by atoms with E-state index in [9.17, 15) is 4.79 Å². The summed E-state index contributed by atoms with van der Waals surface area (Å²) in [5, 5.41) is 0. The van der Waals surface area contributed by atoms with E-state index in [2.05, 4.69) is 11.9 Å². The highest BCUT2D eigenvalue weighted by atomic mass is 16.5. The number of carbonyl (C=O) groups is 1. The molecule has 2 fully saturated rings. The van der Waals surface area contributed by atoms with Crippen molar-refractivity contribution in [3.05, 3.63) is 0 Å². The van der Waals surface area contributed by atoms with Crippen molar-refractivity contribution in [3.8, 4) is 0 Å². The number of ether oxygens (including phenoxy) is 1. The van der Waals surface area contributed by atoms with Crippen molar-refractivity contribution in [1.82, 2.24) is 9.80 Å². The van der Waals surface area contributed by atoms with Crippen LogP contribution in [-0.2, 0) is 9.53 Å². The van der Waals surface area contributed by atoms with Crippen molar-refractivity contribution in [2.75, 3.05) is 39.8 Å². The molecular formula is C9H16N2O2. The van der Waals surface area contributed by atoms with E-state index in [0.717, 1.165) is 39.2 Å². The number of amides is 1. The summed E-state index contributed by atoms with van der Waals surface area (Å²) in [6.45, 7) is 4.44. The van der Waals surface area contributed by atoms with Gasteiger partial charge in [-0.25, -0.2) is 0 Å². The second-order valence-electron chi connectivity index (χ2n) is 3.78. The highest BCUT2D eigenvalue weighted by molar-refractivity contribution is 5.81. The molecule has 2 aliphatic rings. The molecule has 0 radical (unpaired) electrons. The minimum absolute atomic E-state index is 0.122. The number of rotatable bonds is 1. The molecule has 1 amide bonds. The zero-order valence-electron chi connectivity index (χ0n) is 8.03. The van der Waals surface area contributed by atoms with Crippen LogP contribution in [0.4, 0.5) is 0 Å². The smallest absolute Gasteiger partial charge is 0.251 e. The first-order valence-corrected chi connectivity index (χ1v) is 4.86. The predicted octanol–water partition coefficient (Wildman–Crippen LogP) is -0.451. The quantitative estimate of drug-likeness (QED) is 0.553. The van der Waals surface area contributed by atoms with E-state index >= 15 is 0 Å². The van der Waals surface area contributed by atoms with E-state index in [1.54, 1.807) is 0 Å². The molecule has 0 saturated carbocycles. The van der Waals surface area contributed by atoms with Gasteiger partial charge in [-0.1, -0.05) is 0 Å². The van der Waals surface area contributed by atoms with Crippen molar-refractivity contribution in [2.45, 2.75) is 12.5 Å².